The quantitative estimate of drug-likeness (QED) is 0.696. The van der Waals surface area contributed by atoms with Crippen molar-refractivity contribution in [1.82, 2.24) is 0 Å². The molecule has 0 amide bonds. The lowest BCUT2D eigenvalue weighted by Crippen LogP contribution is -2.19. The molecule has 0 aliphatic carbocycles. The lowest BCUT2D eigenvalue weighted by atomic mass is 10.2. The Kier molecular flexibility index (Phi) is 5.60. The molecule has 0 heterocycles. The minimum Gasteiger partial charge on any atom is -0.497 e. The first-order valence-electron chi connectivity index (χ1n) is 6.76. The second kappa shape index (κ2) is 7.47. The minimum absolute atomic E-state index is 0.0291. The van der Waals surface area contributed by atoms with Crippen LogP contribution in [0.4, 0.5) is 11.4 Å². The molecule has 0 saturated heterocycles. The molecule has 2 aromatic carbocycles. The number of hydrogen-bond acceptors (Lipinski definition) is 5. The van der Waals surface area contributed by atoms with Gasteiger partial charge in [-0.1, -0.05) is 0 Å². The van der Waals surface area contributed by atoms with E-state index in [1.54, 1.807) is 44.6 Å². The summed E-state index contributed by atoms with van der Waals surface area (Å²) in [6.07, 6.45) is 0. The van der Waals surface area contributed by atoms with Crippen molar-refractivity contribution >= 4 is 38.7 Å². The molecule has 2 rings (SSSR count). The van der Waals surface area contributed by atoms with Crippen LogP contribution in [0.2, 0.25) is 0 Å². The van der Waals surface area contributed by atoms with Crippen LogP contribution in [-0.2, 0) is 10.0 Å². The van der Waals surface area contributed by atoms with Crippen molar-refractivity contribution in [3.8, 4) is 11.5 Å². The van der Waals surface area contributed by atoms with Gasteiger partial charge in [-0.05, 0) is 48.6 Å². The predicted octanol–water partition coefficient (Wildman–Crippen LogP) is 2.16. The molecule has 0 aliphatic rings. The smallest absolute Gasteiger partial charge is 0.238 e. The van der Waals surface area contributed by atoms with Crippen LogP contribution >= 0.6 is 12.2 Å². The maximum Gasteiger partial charge on any atom is 0.238 e. The number of methoxy groups -OCH3 is 2. The van der Waals surface area contributed by atoms with Gasteiger partial charge < -0.3 is 20.1 Å². The molecule has 0 fully saturated rings. The zero-order valence-electron chi connectivity index (χ0n) is 13.1. The van der Waals surface area contributed by atoms with E-state index in [0.717, 1.165) is 0 Å². The summed E-state index contributed by atoms with van der Waals surface area (Å²) in [6, 6.07) is 11.2. The number of hydrogen-bond donors (Lipinski definition) is 3. The molecule has 0 spiro atoms. The number of ether oxygens (including phenoxy) is 2. The Morgan fingerprint density at radius 1 is 1.04 bits per heavy atom. The van der Waals surface area contributed by atoms with Gasteiger partial charge in [-0.3, -0.25) is 0 Å². The predicted molar refractivity (Wildman–Crippen MR) is 97.2 cm³/mol. The van der Waals surface area contributed by atoms with Crippen molar-refractivity contribution < 1.29 is 17.9 Å². The number of nitrogens with two attached hydrogens (primary N) is 1. The third-order valence-electron chi connectivity index (χ3n) is 3.10. The fraction of sp³-hybridized carbons (Fsp3) is 0.133. The molecule has 24 heavy (non-hydrogen) atoms. The summed E-state index contributed by atoms with van der Waals surface area (Å²) in [5.41, 5.74) is 1.25. The monoisotopic (exact) mass is 367 g/mol. The first-order chi connectivity index (χ1) is 11.3. The Labute approximate surface area is 145 Å². The van der Waals surface area contributed by atoms with E-state index in [1.807, 2.05) is 0 Å². The number of rotatable bonds is 5. The third kappa shape index (κ3) is 4.57. The van der Waals surface area contributed by atoms with Crippen LogP contribution in [0.3, 0.4) is 0 Å². The molecule has 4 N–H and O–H groups in total. The maximum absolute atomic E-state index is 11.2. The number of nitrogens with one attached hydrogen (secondary N) is 2. The molecular weight excluding hydrogens is 350 g/mol. The Morgan fingerprint density at radius 3 is 2.25 bits per heavy atom. The fourth-order valence-electron chi connectivity index (χ4n) is 1.92. The van der Waals surface area contributed by atoms with Crippen molar-refractivity contribution in [1.29, 1.82) is 0 Å². The van der Waals surface area contributed by atoms with E-state index in [2.05, 4.69) is 10.6 Å². The van der Waals surface area contributed by atoms with E-state index in [1.165, 1.54) is 12.1 Å². The average Bonchev–Trinajstić information content (AvgIpc) is 2.54. The van der Waals surface area contributed by atoms with Crippen molar-refractivity contribution in [2.75, 3.05) is 24.9 Å². The highest BCUT2D eigenvalue weighted by molar-refractivity contribution is 7.89. The Balaban J connectivity index is 2.11. The van der Waals surface area contributed by atoms with Crippen molar-refractivity contribution in [3.63, 3.8) is 0 Å². The highest BCUT2D eigenvalue weighted by Crippen LogP contribution is 2.29. The Bertz CT molecular complexity index is 836. The van der Waals surface area contributed by atoms with Gasteiger partial charge in [0.15, 0.2) is 5.11 Å². The topological polar surface area (TPSA) is 103 Å². The van der Waals surface area contributed by atoms with Gasteiger partial charge in [0.1, 0.15) is 11.5 Å². The highest BCUT2D eigenvalue weighted by atomic mass is 32.2. The van der Waals surface area contributed by atoms with Crippen molar-refractivity contribution in [2.24, 2.45) is 5.14 Å². The van der Waals surface area contributed by atoms with Crippen LogP contribution < -0.4 is 25.2 Å². The normalized spacial score (nSPS) is 10.8. The van der Waals surface area contributed by atoms with Crippen LogP contribution in [-0.4, -0.2) is 27.7 Å². The lowest BCUT2D eigenvalue weighted by Gasteiger charge is -2.14. The molecule has 0 bridgehead atoms. The van der Waals surface area contributed by atoms with Gasteiger partial charge in [-0.25, -0.2) is 13.6 Å². The van der Waals surface area contributed by atoms with Gasteiger partial charge in [0.2, 0.25) is 10.0 Å². The molecule has 7 nitrogen and oxygen atoms in total. The zero-order chi connectivity index (χ0) is 17.7. The van der Waals surface area contributed by atoms with E-state index in [0.29, 0.717) is 28.0 Å². The largest absolute Gasteiger partial charge is 0.497 e. The second-order valence-corrected chi connectivity index (χ2v) is 6.68. The van der Waals surface area contributed by atoms with Gasteiger partial charge in [0.05, 0.1) is 24.8 Å². The molecule has 0 saturated carbocycles. The first kappa shape index (κ1) is 18.0. The molecule has 2 aromatic rings. The summed E-state index contributed by atoms with van der Waals surface area (Å²) >= 11 is 5.25. The SMILES string of the molecule is COc1ccc(OC)c(NC(=S)Nc2ccc(S(N)(=O)=O)cc2)c1. The van der Waals surface area contributed by atoms with Crippen LogP contribution in [0.5, 0.6) is 11.5 Å². The van der Waals surface area contributed by atoms with Gasteiger partial charge in [-0.2, -0.15) is 0 Å². The summed E-state index contributed by atoms with van der Waals surface area (Å²) in [7, 11) is -0.604. The molecule has 128 valence electrons. The van der Waals surface area contributed by atoms with E-state index in [9.17, 15) is 8.42 Å². The Morgan fingerprint density at radius 2 is 1.71 bits per heavy atom. The second-order valence-electron chi connectivity index (χ2n) is 4.71. The van der Waals surface area contributed by atoms with Gasteiger partial charge >= 0.3 is 0 Å². The van der Waals surface area contributed by atoms with Crippen LogP contribution in [0.15, 0.2) is 47.4 Å². The molecule has 0 atom stereocenters. The average molecular weight is 367 g/mol. The van der Waals surface area contributed by atoms with E-state index in [-0.39, 0.29) is 4.90 Å². The summed E-state index contributed by atoms with van der Waals surface area (Å²) in [5, 5.41) is 11.3. The summed E-state index contributed by atoms with van der Waals surface area (Å²) in [4.78, 5) is 0.0291. The van der Waals surface area contributed by atoms with Crippen LogP contribution in [0, 0.1) is 0 Å². The highest BCUT2D eigenvalue weighted by Gasteiger charge is 2.09. The molecule has 9 heteroatoms. The van der Waals surface area contributed by atoms with Gasteiger partial charge in [0.25, 0.3) is 0 Å². The summed E-state index contributed by atoms with van der Waals surface area (Å²) < 4.78 is 32.9. The standard InChI is InChI=1S/C15H17N3O4S2/c1-21-11-5-8-14(22-2)13(9-11)18-15(23)17-10-3-6-12(7-4-10)24(16,19)20/h3-9H,1-2H3,(H2,16,19,20)(H2,17,18,23). The van der Waals surface area contributed by atoms with E-state index < -0.39 is 10.0 Å². The number of benzene rings is 2. The lowest BCUT2D eigenvalue weighted by molar-refractivity contribution is 0.405. The van der Waals surface area contributed by atoms with E-state index >= 15 is 0 Å². The Hall–Kier alpha value is -2.36. The van der Waals surface area contributed by atoms with Gasteiger partial charge in [-0.15, -0.1) is 0 Å². The fourth-order valence-corrected chi connectivity index (χ4v) is 2.67. The molecule has 0 unspecified atom stereocenters. The minimum atomic E-state index is -3.72. The summed E-state index contributed by atoms with van der Waals surface area (Å²) in [6.45, 7) is 0. The van der Waals surface area contributed by atoms with Crippen molar-refractivity contribution in [2.45, 2.75) is 4.90 Å². The van der Waals surface area contributed by atoms with Crippen molar-refractivity contribution in [3.05, 3.63) is 42.5 Å². The molecular formula is C15H17N3O4S2. The third-order valence-corrected chi connectivity index (χ3v) is 4.23. The first-order valence-corrected chi connectivity index (χ1v) is 8.72. The van der Waals surface area contributed by atoms with Crippen LogP contribution in [0.1, 0.15) is 0 Å². The molecule has 0 radical (unpaired) electrons. The molecule has 0 aliphatic heterocycles. The number of primary sulfonamides is 1. The van der Waals surface area contributed by atoms with Crippen LogP contribution in [0.25, 0.3) is 0 Å². The zero-order valence-corrected chi connectivity index (χ0v) is 14.7. The van der Waals surface area contributed by atoms with Gasteiger partial charge in [0, 0.05) is 11.8 Å². The summed E-state index contributed by atoms with van der Waals surface area (Å²) in [5.74, 6) is 1.25. The molecule has 0 aromatic heterocycles. The number of thiocarbonyl (C=S) groups is 1. The van der Waals surface area contributed by atoms with E-state index in [4.69, 9.17) is 26.8 Å². The maximum atomic E-state index is 11.2. The number of anilines is 2. The number of sulfonamides is 1.